The lowest BCUT2D eigenvalue weighted by atomic mass is 9.89. The predicted octanol–water partition coefficient (Wildman–Crippen LogP) is 0.582. The summed E-state index contributed by atoms with van der Waals surface area (Å²) in [4.78, 5) is 11.6. The first-order valence-electron chi connectivity index (χ1n) is 5.59. The van der Waals surface area contributed by atoms with Crippen LogP contribution in [0.25, 0.3) is 0 Å². The maximum atomic E-state index is 13.3. The third-order valence-electron chi connectivity index (χ3n) is 2.99. The molecule has 1 rings (SSSR count). The van der Waals surface area contributed by atoms with Crippen molar-refractivity contribution in [3.63, 3.8) is 0 Å². The maximum absolute atomic E-state index is 13.3. The van der Waals surface area contributed by atoms with Gasteiger partial charge in [-0.25, -0.2) is 4.79 Å². The molecule has 0 saturated heterocycles. The van der Waals surface area contributed by atoms with Gasteiger partial charge in [0, 0.05) is 5.56 Å². The molecule has 118 valence electrons. The number of esters is 1. The van der Waals surface area contributed by atoms with Gasteiger partial charge < -0.3 is 25.1 Å². The number of methoxy groups -OCH3 is 3. The SMILES string of the molecule is COC(=O)[C@@]([NH3+])(c1cc(OC)c(O)c(OC)c1)C(F)(F)F. The number of hydrogen-bond donors (Lipinski definition) is 2. The van der Waals surface area contributed by atoms with E-state index in [0.717, 1.165) is 33.5 Å². The molecule has 0 radical (unpaired) electrons. The molecule has 0 bridgehead atoms. The molecule has 0 aliphatic rings. The van der Waals surface area contributed by atoms with E-state index in [9.17, 15) is 23.1 Å². The summed E-state index contributed by atoms with van der Waals surface area (Å²) in [6.45, 7) is 0. The van der Waals surface area contributed by atoms with E-state index in [1.165, 1.54) is 0 Å². The van der Waals surface area contributed by atoms with Crippen molar-refractivity contribution in [1.29, 1.82) is 0 Å². The van der Waals surface area contributed by atoms with Crippen molar-refractivity contribution in [3.8, 4) is 17.2 Å². The Morgan fingerprint density at radius 3 is 1.86 bits per heavy atom. The highest BCUT2D eigenvalue weighted by Gasteiger charge is 2.65. The minimum atomic E-state index is -5.02. The third kappa shape index (κ3) is 2.68. The molecule has 21 heavy (non-hydrogen) atoms. The molecule has 0 aromatic heterocycles. The van der Waals surface area contributed by atoms with Gasteiger partial charge in [0.1, 0.15) is 0 Å². The van der Waals surface area contributed by atoms with Crippen LogP contribution in [0.3, 0.4) is 0 Å². The topological polar surface area (TPSA) is 92.6 Å². The molecule has 0 aliphatic heterocycles. The summed E-state index contributed by atoms with van der Waals surface area (Å²) in [5, 5.41) is 9.71. The molecule has 0 unspecified atom stereocenters. The lowest BCUT2D eigenvalue weighted by Crippen LogP contribution is -2.80. The summed E-state index contributed by atoms with van der Waals surface area (Å²) in [5.74, 6) is -2.65. The molecule has 6 nitrogen and oxygen atoms in total. The smallest absolute Gasteiger partial charge is 0.460 e. The fraction of sp³-hybridized carbons (Fsp3) is 0.417. The fourth-order valence-electron chi connectivity index (χ4n) is 1.71. The van der Waals surface area contributed by atoms with E-state index in [4.69, 9.17) is 9.47 Å². The third-order valence-corrected chi connectivity index (χ3v) is 2.99. The van der Waals surface area contributed by atoms with Crippen LogP contribution in [0, 0.1) is 0 Å². The Kier molecular flexibility index (Phi) is 4.57. The summed E-state index contributed by atoms with van der Waals surface area (Å²) in [7, 11) is 3.12. The van der Waals surface area contributed by atoms with E-state index in [1.54, 1.807) is 0 Å². The Hall–Kier alpha value is -2.16. The number of halogens is 3. The van der Waals surface area contributed by atoms with Crippen LogP contribution >= 0.6 is 0 Å². The molecule has 4 N–H and O–H groups in total. The number of quaternary nitrogens is 1. The molecule has 0 spiro atoms. The zero-order chi connectivity index (χ0) is 16.4. The molecule has 0 heterocycles. The first kappa shape index (κ1) is 16.9. The minimum absolute atomic E-state index is 0.287. The first-order valence-corrected chi connectivity index (χ1v) is 5.59. The molecule has 9 heteroatoms. The highest BCUT2D eigenvalue weighted by atomic mass is 19.4. The number of hydrogen-bond acceptors (Lipinski definition) is 5. The molecule has 0 amide bonds. The van der Waals surface area contributed by atoms with Crippen LogP contribution in [0.15, 0.2) is 12.1 Å². The van der Waals surface area contributed by atoms with Gasteiger partial charge in [-0.05, 0) is 12.1 Å². The monoisotopic (exact) mass is 310 g/mol. The number of carbonyl (C=O) groups is 1. The lowest BCUT2D eigenvalue weighted by Gasteiger charge is -2.26. The second-order valence-corrected chi connectivity index (χ2v) is 4.12. The molecule has 0 saturated carbocycles. The maximum Gasteiger partial charge on any atom is 0.460 e. The summed E-state index contributed by atoms with van der Waals surface area (Å²) in [5.41, 5.74) is -0.776. The van der Waals surface area contributed by atoms with Gasteiger partial charge in [-0.1, -0.05) is 0 Å². The van der Waals surface area contributed by atoms with Crippen molar-refractivity contribution >= 4 is 5.97 Å². The molecule has 0 aliphatic carbocycles. The Balaban J connectivity index is 3.64. The number of aromatic hydroxyl groups is 1. The van der Waals surface area contributed by atoms with E-state index in [0.29, 0.717) is 0 Å². The van der Waals surface area contributed by atoms with Crippen molar-refractivity contribution in [2.75, 3.05) is 21.3 Å². The van der Waals surface area contributed by atoms with Crippen molar-refractivity contribution in [1.82, 2.24) is 0 Å². The van der Waals surface area contributed by atoms with Crippen LogP contribution in [0.4, 0.5) is 13.2 Å². The molecular weight excluding hydrogens is 295 g/mol. The standard InChI is InChI=1S/C12H14F3NO5/c1-19-7-4-6(5-8(20-2)9(7)17)11(16,10(18)21-3)12(13,14)15/h4-5,17H,16H2,1-3H3/p+1/t11-/m0/s1. The van der Waals surface area contributed by atoms with Gasteiger partial charge in [0.05, 0.1) is 21.3 Å². The Labute approximate surface area is 118 Å². The van der Waals surface area contributed by atoms with Gasteiger partial charge >= 0.3 is 17.7 Å². The molecule has 0 fully saturated rings. The quantitative estimate of drug-likeness (QED) is 0.794. The van der Waals surface area contributed by atoms with Gasteiger partial charge in [0.15, 0.2) is 11.5 Å². The summed E-state index contributed by atoms with van der Waals surface area (Å²) < 4.78 is 53.6. The van der Waals surface area contributed by atoms with E-state index in [2.05, 4.69) is 10.5 Å². The zero-order valence-electron chi connectivity index (χ0n) is 11.6. The van der Waals surface area contributed by atoms with Gasteiger partial charge in [0.25, 0.3) is 0 Å². The van der Waals surface area contributed by atoms with Crippen LogP contribution in [0.5, 0.6) is 17.2 Å². The molecular formula is C12H15F3NO5+. The van der Waals surface area contributed by atoms with Crippen LogP contribution in [0.2, 0.25) is 0 Å². The van der Waals surface area contributed by atoms with Crippen LogP contribution < -0.4 is 15.2 Å². The van der Waals surface area contributed by atoms with Crippen molar-refractivity contribution in [3.05, 3.63) is 17.7 Å². The largest absolute Gasteiger partial charge is 0.502 e. The summed E-state index contributed by atoms with van der Waals surface area (Å²) >= 11 is 0. The average Bonchev–Trinajstić information content (AvgIpc) is 2.44. The average molecular weight is 310 g/mol. The van der Waals surface area contributed by atoms with Crippen molar-refractivity contribution in [2.45, 2.75) is 11.7 Å². The highest BCUT2D eigenvalue weighted by Crippen LogP contribution is 2.43. The number of rotatable bonds is 4. The normalized spacial score (nSPS) is 14.2. The number of alkyl halides is 3. The lowest BCUT2D eigenvalue weighted by molar-refractivity contribution is -0.532. The zero-order valence-corrected chi connectivity index (χ0v) is 11.6. The second-order valence-electron chi connectivity index (χ2n) is 4.12. The van der Waals surface area contributed by atoms with Gasteiger partial charge in [-0.3, -0.25) is 0 Å². The number of phenolic OH excluding ortho intramolecular Hbond substituents is 1. The van der Waals surface area contributed by atoms with Crippen LogP contribution in [0.1, 0.15) is 5.56 Å². The minimum Gasteiger partial charge on any atom is -0.502 e. The predicted molar refractivity (Wildman–Crippen MR) is 63.8 cm³/mol. The second kappa shape index (κ2) is 5.68. The number of carbonyl (C=O) groups excluding carboxylic acids is 1. The van der Waals surface area contributed by atoms with E-state index in [-0.39, 0.29) is 11.5 Å². The molecule has 1 aromatic carbocycles. The highest BCUT2D eigenvalue weighted by molar-refractivity contribution is 5.82. The van der Waals surface area contributed by atoms with Gasteiger partial charge in [-0.2, -0.15) is 13.2 Å². The molecule has 1 aromatic rings. The summed E-state index contributed by atoms with van der Waals surface area (Å²) in [6.07, 6.45) is -5.02. The van der Waals surface area contributed by atoms with Crippen LogP contribution in [-0.4, -0.2) is 38.6 Å². The van der Waals surface area contributed by atoms with Gasteiger partial charge in [-0.15, -0.1) is 0 Å². The van der Waals surface area contributed by atoms with Crippen LogP contribution in [-0.2, 0) is 15.1 Å². The Morgan fingerprint density at radius 1 is 1.14 bits per heavy atom. The van der Waals surface area contributed by atoms with Gasteiger partial charge in [0.2, 0.25) is 5.75 Å². The number of ether oxygens (including phenoxy) is 3. The van der Waals surface area contributed by atoms with E-state index >= 15 is 0 Å². The van der Waals surface area contributed by atoms with E-state index in [1.807, 2.05) is 0 Å². The fourth-order valence-corrected chi connectivity index (χ4v) is 1.71. The number of phenols is 1. The number of benzene rings is 1. The van der Waals surface area contributed by atoms with Crippen molar-refractivity contribution < 1.29 is 43.0 Å². The molecule has 1 atom stereocenters. The Bertz CT molecular complexity index is 521. The van der Waals surface area contributed by atoms with Crippen molar-refractivity contribution in [2.24, 2.45) is 0 Å². The Morgan fingerprint density at radius 2 is 1.57 bits per heavy atom. The first-order chi connectivity index (χ1) is 9.63. The van der Waals surface area contributed by atoms with E-state index < -0.39 is 29.0 Å². The summed E-state index contributed by atoms with van der Waals surface area (Å²) in [6, 6.07) is 1.71.